The molecule has 2 N–H and O–H groups in total. The first-order valence-electron chi connectivity index (χ1n) is 5.57. The second-order valence-corrected chi connectivity index (χ2v) is 5.12. The lowest BCUT2D eigenvalue weighted by atomic mass is 10.1. The van der Waals surface area contributed by atoms with Crippen LogP contribution in [0.1, 0.15) is 10.8 Å². The van der Waals surface area contributed by atoms with E-state index in [4.69, 9.17) is 5.73 Å². The van der Waals surface area contributed by atoms with Crippen molar-refractivity contribution in [3.63, 3.8) is 0 Å². The van der Waals surface area contributed by atoms with Gasteiger partial charge in [0.1, 0.15) is 11.6 Å². The van der Waals surface area contributed by atoms with Crippen LogP contribution in [0.4, 0.5) is 8.78 Å². The van der Waals surface area contributed by atoms with Gasteiger partial charge in [-0.25, -0.2) is 8.78 Å². The van der Waals surface area contributed by atoms with Crippen molar-refractivity contribution in [3.05, 3.63) is 65.7 Å². The molecular formula is C14H13F2NS. The van der Waals surface area contributed by atoms with Gasteiger partial charge in [0.2, 0.25) is 0 Å². The fourth-order valence-electron chi connectivity index (χ4n) is 1.61. The molecule has 4 heteroatoms. The maximum absolute atomic E-state index is 12.8. The maximum atomic E-state index is 12.8. The zero-order valence-corrected chi connectivity index (χ0v) is 10.5. The second kappa shape index (κ2) is 5.98. The smallest absolute Gasteiger partial charge is 0.123 e. The predicted octanol–water partition coefficient (Wildman–Crippen LogP) is 3.76. The number of rotatable bonds is 4. The van der Waals surface area contributed by atoms with Gasteiger partial charge in [-0.3, -0.25) is 0 Å². The molecule has 0 fully saturated rings. The monoisotopic (exact) mass is 265 g/mol. The van der Waals surface area contributed by atoms with Crippen LogP contribution >= 0.6 is 11.8 Å². The van der Waals surface area contributed by atoms with E-state index in [1.54, 1.807) is 36.0 Å². The summed E-state index contributed by atoms with van der Waals surface area (Å²) < 4.78 is 25.6. The van der Waals surface area contributed by atoms with Gasteiger partial charge in [-0.2, -0.15) is 0 Å². The van der Waals surface area contributed by atoms with E-state index < -0.39 is 0 Å². The zero-order chi connectivity index (χ0) is 13.0. The van der Waals surface area contributed by atoms with E-state index in [0.717, 1.165) is 10.5 Å². The molecule has 0 spiro atoms. The summed E-state index contributed by atoms with van der Waals surface area (Å²) in [5, 5.41) is 0.0380. The lowest BCUT2D eigenvalue weighted by Gasteiger charge is -2.14. The van der Waals surface area contributed by atoms with Gasteiger partial charge in [0.05, 0.1) is 0 Å². The molecule has 1 nitrogen and oxygen atoms in total. The minimum Gasteiger partial charge on any atom is -0.329 e. The van der Waals surface area contributed by atoms with Gasteiger partial charge in [-0.05, 0) is 42.0 Å². The molecule has 0 saturated carbocycles. The Morgan fingerprint density at radius 3 is 1.89 bits per heavy atom. The number of hydrogen-bond donors (Lipinski definition) is 1. The largest absolute Gasteiger partial charge is 0.329 e. The van der Waals surface area contributed by atoms with E-state index in [9.17, 15) is 8.78 Å². The standard InChI is InChI=1S/C14H13F2NS/c15-11-3-1-10(2-4-11)14(9-17)18-13-7-5-12(16)6-8-13/h1-8,14H,9,17H2. The highest BCUT2D eigenvalue weighted by molar-refractivity contribution is 7.99. The fourth-order valence-corrected chi connectivity index (χ4v) is 2.62. The molecule has 0 heterocycles. The second-order valence-electron chi connectivity index (χ2n) is 3.85. The number of nitrogens with two attached hydrogens (primary N) is 1. The summed E-state index contributed by atoms with van der Waals surface area (Å²) in [4.78, 5) is 0.941. The van der Waals surface area contributed by atoms with Crippen LogP contribution in [0.2, 0.25) is 0 Å². The first-order chi connectivity index (χ1) is 8.69. The van der Waals surface area contributed by atoms with Crippen molar-refractivity contribution in [1.29, 1.82) is 0 Å². The molecule has 0 aliphatic heterocycles. The summed E-state index contributed by atoms with van der Waals surface area (Å²) in [5.41, 5.74) is 6.70. The average Bonchev–Trinajstić information content (AvgIpc) is 2.39. The number of thioether (sulfide) groups is 1. The molecule has 0 amide bonds. The topological polar surface area (TPSA) is 26.0 Å². The molecule has 2 rings (SSSR count). The lowest BCUT2D eigenvalue weighted by Crippen LogP contribution is -2.09. The van der Waals surface area contributed by atoms with Crippen molar-refractivity contribution in [2.75, 3.05) is 6.54 Å². The van der Waals surface area contributed by atoms with Crippen molar-refractivity contribution in [2.24, 2.45) is 5.73 Å². The van der Waals surface area contributed by atoms with Gasteiger partial charge in [-0.1, -0.05) is 12.1 Å². The third kappa shape index (κ3) is 3.31. The van der Waals surface area contributed by atoms with Crippen LogP contribution in [-0.4, -0.2) is 6.54 Å². The van der Waals surface area contributed by atoms with Crippen LogP contribution in [0.25, 0.3) is 0 Å². The summed E-state index contributed by atoms with van der Waals surface area (Å²) in [6, 6.07) is 12.6. The first kappa shape index (κ1) is 13.1. The van der Waals surface area contributed by atoms with Crippen molar-refractivity contribution < 1.29 is 8.78 Å². The Morgan fingerprint density at radius 1 is 0.889 bits per heavy atom. The highest BCUT2D eigenvalue weighted by Crippen LogP contribution is 2.34. The van der Waals surface area contributed by atoms with E-state index in [-0.39, 0.29) is 16.9 Å². The molecule has 1 atom stereocenters. The van der Waals surface area contributed by atoms with E-state index >= 15 is 0 Å². The quantitative estimate of drug-likeness (QED) is 0.852. The first-order valence-corrected chi connectivity index (χ1v) is 6.45. The summed E-state index contributed by atoms with van der Waals surface area (Å²) in [7, 11) is 0. The number of benzene rings is 2. The molecule has 0 aliphatic carbocycles. The van der Waals surface area contributed by atoms with Crippen molar-refractivity contribution in [2.45, 2.75) is 10.1 Å². The molecule has 18 heavy (non-hydrogen) atoms. The number of halogens is 2. The Balaban J connectivity index is 2.14. The normalized spacial score (nSPS) is 12.4. The minimum atomic E-state index is -0.263. The Hall–Kier alpha value is -1.39. The van der Waals surface area contributed by atoms with Crippen LogP contribution in [0.3, 0.4) is 0 Å². The molecule has 2 aromatic carbocycles. The number of hydrogen-bond acceptors (Lipinski definition) is 2. The van der Waals surface area contributed by atoms with E-state index in [1.807, 2.05) is 0 Å². The summed E-state index contributed by atoms with van der Waals surface area (Å²) in [6.07, 6.45) is 0. The van der Waals surface area contributed by atoms with Gasteiger partial charge < -0.3 is 5.73 Å². The molecule has 0 radical (unpaired) electrons. The Labute approximate surface area is 109 Å². The van der Waals surface area contributed by atoms with Gasteiger partial charge in [0, 0.05) is 16.7 Å². The highest BCUT2D eigenvalue weighted by atomic mass is 32.2. The third-order valence-electron chi connectivity index (χ3n) is 2.55. The van der Waals surface area contributed by atoms with E-state index in [0.29, 0.717) is 6.54 Å². The third-order valence-corrected chi connectivity index (χ3v) is 3.84. The van der Waals surface area contributed by atoms with Gasteiger partial charge >= 0.3 is 0 Å². The maximum Gasteiger partial charge on any atom is 0.123 e. The average molecular weight is 265 g/mol. The highest BCUT2D eigenvalue weighted by Gasteiger charge is 2.11. The lowest BCUT2D eigenvalue weighted by molar-refractivity contribution is 0.626. The molecule has 94 valence electrons. The molecular weight excluding hydrogens is 252 g/mol. The van der Waals surface area contributed by atoms with Crippen molar-refractivity contribution >= 4 is 11.8 Å². The predicted molar refractivity (Wildman–Crippen MR) is 70.5 cm³/mol. The summed E-state index contributed by atoms with van der Waals surface area (Å²) in [5.74, 6) is -0.522. The fraction of sp³-hybridized carbons (Fsp3) is 0.143. The Morgan fingerprint density at radius 2 is 1.39 bits per heavy atom. The van der Waals surface area contributed by atoms with Crippen molar-refractivity contribution in [1.82, 2.24) is 0 Å². The Kier molecular flexibility index (Phi) is 4.33. The van der Waals surface area contributed by atoms with E-state index in [1.165, 1.54) is 24.3 Å². The van der Waals surface area contributed by atoms with Gasteiger partial charge in [0.25, 0.3) is 0 Å². The van der Waals surface area contributed by atoms with Crippen LogP contribution in [0.15, 0.2) is 53.4 Å². The van der Waals surface area contributed by atoms with Gasteiger partial charge in [-0.15, -0.1) is 11.8 Å². The SMILES string of the molecule is NCC(Sc1ccc(F)cc1)c1ccc(F)cc1. The van der Waals surface area contributed by atoms with Crippen LogP contribution in [-0.2, 0) is 0 Å². The molecule has 2 aromatic rings. The molecule has 0 aromatic heterocycles. The zero-order valence-electron chi connectivity index (χ0n) is 9.64. The molecule has 1 unspecified atom stereocenters. The van der Waals surface area contributed by atoms with Gasteiger partial charge in [0.15, 0.2) is 0 Å². The Bertz CT molecular complexity index is 496. The molecule has 0 saturated heterocycles. The summed E-state index contributed by atoms with van der Waals surface area (Å²) >= 11 is 1.54. The molecule has 0 aliphatic rings. The van der Waals surface area contributed by atoms with E-state index in [2.05, 4.69) is 0 Å². The van der Waals surface area contributed by atoms with Crippen molar-refractivity contribution in [3.8, 4) is 0 Å². The summed E-state index contributed by atoms with van der Waals surface area (Å²) in [6.45, 7) is 0.438. The minimum absolute atomic E-state index is 0.0380. The van der Waals surface area contributed by atoms with Crippen LogP contribution in [0.5, 0.6) is 0 Å². The van der Waals surface area contributed by atoms with Crippen LogP contribution in [0, 0.1) is 11.6 Å². The van der Waals surface area contributed by atoms with Crippen LogP contribution < -0.4 is 5.73 Å². The molecule has 0 bridgehead atoms.